The third-order valence-corrected chi connectivity index (χ3v) is 4.28. The number of ketones is 2. The number of allylic oxidation sites excluding steroid dienone is 7. The number of rotatable bonds is 14. The van der Waals surface area contributed by atoms with Gasteiger partial charge in [0.2, 0.25) is 11.6 Å². The maximum atomic E-state index is 12.2. The van der Waals surface area contributed by atoms with E-state index in [0.29, 0.717) is 13.0 Å². The molecule has 1 aliphatic carbocycles. The van der Waals surface area contributed by atoms with Crippen molar-refractivity contribution in [2.24, 2.45) is 0 Å². The Hall–Kier alpha value is -2.36. The topological polar surface area (TPSA) is 63.6 Å². The van der Waals surface area contributed by atoms with Gasteiger partial charge in [-0.25, -0.2) is 0 Å². The molecular weight excluding hydrogens is 340 g/mol. The fourth-order valence-electron chi connectivity index (χ4n) is 2.83. The summed E-state index contributed by atoms with van der Waals surface area (Å²) in [7, 11) is 0. The standard InChI is InChI=1S/C23H32O4/c1-3-5-6-7-8-9-10-11-12-13-14-15-16-17-19-22(25)20(24)18-21(23(19)26)27-4-2/h3,6-7,9-10,18,25H,1,4-5,8,11-17H2,2H3. The van der Waals surface area contributed by atoms with Gasteiger partial charge < -0.3 is 9.84 Å². The Morgan fingerprint density at radius 1 is 1.00 bits per heavy atom. The fourth-order valence-corrected chi connectivity index (χ4v) is 2.83. The van der Waals surface area contributed by atoms with Crippen molar-refractivity contribution in [1.29, 1.82) is 0 Å². The average Bonchev–Trinajstić information content (AvgIpc) is 2.66. The molecule has 0 atom stereocenters. The van der Waals surface area contributed by atoms with Gasteiger partial charge in [-0.15, -0.1) is 6.58 Å². The van der Waals surface area contributed by atoms with Gasteiger partial charge in [0.05, 0.1) is 6.61 Å². The van der Waals surface area contributed by atoms with E-state index in [1.807, 2.05) is 6.08 Å². The molecule has 0 saturated heterocycles. The summed E-state index contributed by atoms with van der Waals surface area (Å²) in [6, 6.07) is 0. The molecule has 4 nitrogen and oxygen atoms in total. The van der Waals surface area contributed by atoms with Crippen LogP contribution in [0.2, 0.25) is 0 Å². The van der Waals surface area contributed by atoms with E-state index in [4.69, 9.17) is 4.74 Å². The molecule has 0 saturated carbocycles. The Labute approximate surface area is 163 Å². The van der Waals surface area contributed by atoms with Crippen molar-refractivity contribution in [3.05, 3.63) is 60.1 Å². The van der Waals surface area contributed by atoms with E-state index in [2.05, 4.69) is 30.9 Å². The van der Waals surface area contributed by atoms with Gasteiger partial charge in [0, 0.05) is 11.6 Å². The Balaban J connectivity index is 2.18. The SMILES string of the molecule is C=CCC=CCC=CCCCCCCCC1=C(O)C(=O)C=C(OCC)C1=O. The van der Waals surface area contributed by atoms with Crippen LogP contribution in [0.15, 0.2) is 60.1 Å². The van der Waals surface area contributed by atoms with Gasteiger partial charge in [-0.1, -0.05) is 49.6 Å². The third-order valence-electron chi connectivity index (χ3n) is 4.28. The molecule has 0 aromatic carbocycles. The van der Waals surface area contributed by atoms with Crippen molar-refractivity contribution in [1.82, 2.24) is 0 Å². The minimum absolute atomic E-state index is 0.0430. The zero-order valence-corrected chi connectivity index (χ0v) is 16.4. The van der Waals surface area contributed by atoms with Gasteiger partial charge in [-0.3, -0.25) is 9.59 Å². The molecule has 0 amide bonds. The van der Waals surface area contributed by atoms with E-state index in [-0.39, 0.29) is 17.1 Å². The minimum atomic E-state index is -0.542. The summed E-state index contributed by atoms with van der Waals surface area (Å²) in [6.07, 6.45) is 20.1. The van der Waals surface area contributed by atoms with Crippen LogP contribution < -0.4 is 0 Å². The lowest BCUT2D eigenvalue weighted by Gasteiger charge is -2.15. The summed E-state index contributed by atoms with van der Waals surface area (Å²) >= 11 is 0. The van der Waals surface area contributed by atoms with Crippen LogP contribution in [0.1, 0.15) is 64.7 Å². The molecule has 0 radical (unpaired) electrons. The lowest BCUT2D eigenvalue weighted by atomic mass is 9.94. The van der Waals surface area contributed by atoms with Crippen LogP contribution >= 0.6 is 0 Å². The highest BCUT2D eigenvalue weighted by Gasteiger charge is 2.28. The first-order chi connectivity index (χ1) is 13.1. The van der Waals surface area contributed by atoms with Crippen LogP contribution in [-0.4, -0.2) is 23.3 Å². The minimum Gasteiger partial charge on any atom is -0.504 e. The number of carbonyl (C=O) groups excluding carboxylic acids is 2. The molecule has 27 heavy (non-hydrogen) atoms. The summed E-state index contributed by atoms with van der Waals surface area (Å²) < 4.78 is 5.19. The molecule has 0 fully saturated rings. The number of aliphatic hydroxyl groups excluding tert-OH is 1. The maximum Gasteiger partial charge on any atom is 0.227 e. The van der Waals surface area contributed by atoms with Gasteiger partial charge >= 0.3 is 0 Å². The zero-order chi connectivity index (χ0) is 19.9. The third kappa shape index (κ3) is 8.72. The second-order valence-corrected chi connectivity index (χ2v) is 6.47. The molecule has 0 unspecified atom stereocenters. The van der Waals surface area contributed by atoms with E-state index in [1.165, 1.54) is 0 Å². The van der Waals surface area contributed by atoms with E-state index in [1.54, 1.807) is 6.92 Å². The van der Waals surface area contributed by atoms with E-state index < -0.39 is 11.5 Å². The van der Waals surface area contributed by atoms with Gasteiger partial charge in [-0.2, -0.15) is 0 Å². The second kappa shape index (κ2) is 13.8. The van der Waals surface area contributed by atoms with Crippen LogP contribution in [0.3, 0.4) is 0 Å². The predicted octanol–water partition coefficient (Wildman–Crippen LogP) is 5.68. The summed E-state index contributed by atoms with van der Waals surface area (Å²) in [6.45, 7) is 5.75. The Morgan fingerprint density at radius 2 is 1.67 bits per heavy atom. The van der Waals surface area contributed by atoms with Crippen molar-refractivity contribution in [2.45, 2.75) is 64.7 Å². The first-order valence-corrected chi connectivity index (χ1v) is 9.88. The van der Waals surface area contributed by atoms with Crippen LogP contribution in [0.5, 0.6) is 0 Å². The first kappa shape index (κ1) is 22.7. The average molecular weight is 373 g/mol. The number of Topliss-reactive ketones (excluding diaryl/α,β-unsaturated/α-hetero) is 1. The summed E-state index contributed by atoms with van der Waals surface area (Å²) in [5, 5.41) is 9.88. The molecule has 1 N–H and O–H groups in total. The van der Waals surface area contributed by atoms with Crippen LogP contribution in [0, 0.1) is 0 Å². The van der Waals surface area contributed by atoms with Crippen molar-refractivity contribution >= 4 is 11.6 Å². The number of aliphatic hydroxyl groups is 1. The molecule has 148 valence electrons. The molecule has 0 aliphatic heterocycles. The zero-order valence-electron chi connectivity index (χ0n) is 16.4. The molecule has 0 aromatic rings. The van der Waals surface area contributed by atoms with E-state index in [0.717, 1.165) is 57.4 Å². The van der Waals surface area contributed by atoms with Crippen LogP contribution in [-0.2, 0) is 14.3 Å². The highest BCUT2D eigenvalue weighted by molar-refractivity contribution is 6.20. The number of hydrogen-bond donors (Lipinski definition) is 1. The monoisotopic (exact) mass is 372 g/mol. The van der Waals surface area contributed by atoms with Crippen molar-refractivity contribution in [2.75, 3.05) is 6.61 Å². The van der Waals surface area contributed by atoms with Crippen LogP contribution in [0.4, 0.5) is 0 Å². The van der Waals surface area contributed by atoms with Gasteiger partial charge in [-0.05, 0) is 45.4 Å². The molecule has 1 aliphatic rings. The second-order valence-electron chi connectivity index (χ2n) is 6.47. The molecule has 4 heteroatoms. The molecule has 0 spiro atoms. The number of ether oxygens (including phenoxy) is 1. The van der Waals surface area contributed by atoms with E-state index in [9.17, 15) is 14.7 Å². The molecule has 0 aromatic heterocycles. The fraction of sp³-hybridized carbons (Fsp3) is 0.478. The predicted molar refractivity (Wildman–Crippen MR) is 109 cm³/mol. The number of hydrogen-bond acceptors (Lipinski definition) is 4. The maximum absolute atomic E-state index is 12.2. The normalized spacial score (nSPS) is 15.1. The summed E-state index contributed by atoms with van der Waals surface area (Å²) in [4.78, 5) is 24.0. The molecule has 1 rings (SSSR count). The van der Waals surface area contributed by atoms with E-state index >= 15 is 0 Å². The summed E-state index contributed by atoms with van der Waals surface area (Å²) in [5.74, 6) is -1.28. The van der Waals surface area contributed by atoms with Crippen molar-refractivity contribution in [3.63, 3.8) is 0 Å². The first-order valence-electron chi connectivity index (χ1n) is 9.88. The molecule has 0 bridgehead atoms. The molecular formula is C23H32O4. The quantitative estimate of drug-likeness (QED) is 0.242. The lowest BCUT2D eigenvalue weighted by Crippen LogP contribution is -2.21. The Morgan fingerprint density at radius 3 is 2.41 bits per heavy atom. The van der Waals surface area contributed by atoms with Gasteiger partial charge in [0.25, 0.3) is 0 Å². The largest absolute Gasteiger partial charge is 0.504 e. The lowest BCUT2D eigenvalue weighted by molar-refractivity contribution is -0.120. The van der Waals surface area contributed by atoms with Crippen molar-refractivity contribution in [3.8, 4) is 0 Å². The number of unbranched alkanes of at least 4 members (excludes halogenated alkanes) is 5. The van der Waals surface area contributed by atoms with Crippen molar-refractivity contribution < 1.29 is 19.4 Å². The van der Waals surface area contributed by atoms with Crippen LogP contribution in [0.25, 0.3) is 0 Å². The number of carbonyl (C=O) groups is 2. The highest BCUT2D eigenvalue weighted by atomic mass is 16.5. The van der Waals surface area contributed by atoms with Gasteiger partial charge in [0.1, 0.15) is 0 Å². The molecule has 0 heterocycles. The Kier molecular flexibility index (Phi) is 11.6. The smallest absolute Gasteiger partial charge is 0.227 e. The van der Waals surface area contributed by atoms with Gasteiger partial charge in [0.15, 0.2) is 11.5 Å². The summed E-state index contributed by atoms with van der Waals surface area (Å²) in [5.41, 5.74) is 0.193. The Bertz CT molecular complexity index is 620. The highest BCUT2D eigenvalue weighted by Crippen LogP contribution is 2.23.